The van der Waals surface area contributed by atoms with E-state index in [1.54, 1.807) is 9.80 Å². The molecule has 30 heavy (non-hydrogen) atoms. The molecule has 1 fully saturated rings. The van der Waals surface area contributed by atoms with Gasteiger partial charge in [-0.25, -0.2) is 4.98 Å². The van der Waals surface area contributed by atoms with Gasteiger partial charge in [0, 0.05) is 32.4 Å². The van der Waals surface area contributed by atoms with Crippen LogP contribution in [0.1, 0.15) is 23.1 Å². The first-order valence-electron chi connectivity index (χ1n) is 9.26. The number of anilines is 1. The Bertz CT molecular complexity index is 879. The van der Waals surface area contributed by atoms with Crippen molar-refractivity contribution in [1.82, 2.24) is 9.88 Å². The highest BCUT2D eigenvalue weighted by Crippen LogP contribution is 2.30. The molecule has 2 heterocycles. The molecular weight excluding hydrogens is 412 g/mol. The van der Waals surface area contributed by atoms with E-state index in [4.69, 9.17) is 0 Å². The zero-order chi connectivity index (χ0) is 21.9. The Kier molecular flexibility index (Phi) is 6.23. The molecule has 1 saturated heterocycles. The predicted octanol–water partition coefficient (Wildman–Crippen LogP) is 4.40. The lowest BCUT2D eigenvalue weighted by molar-refractivity contribution is -0.138. The predicted molar refractivity (Wildman–Crippen MR) is 97.8 cm³/mol. The number of hydrogen-bond acceptors (Lipinski definition) is 3. The van der Waals surface area contributed by atoms with Crippen molar-refractivity contribution in [1.29, 1.82) is 0 Å². The van der Waals surface area contributed by atoms with Gasteiger partial charge in [0.25, 0.3) is 0 Å². The summed E-state index contributed by atoms with van der Waals surface area (Å²) < 4.78 is 76.5. The summed E-state index contributed by atoms with van der Waals surface area (Å²) >= 11 is 0. The van der Waals surface area contributed by atoms with Gasteiger partial charge in [0.1, 0.15) is 5.82 Å². The second-order valence-corrected chi connectivity index (χ2v) is 7.00. The molecule has 0 N–H and O–H groups in total. The molecule has 1 aliphatic rings. The van der Waals surface area contributed by atoms with E-state index >= 15 is 0 Å². The average molecular weight is 431 g/mol. The average Bonchev–Trinajstić information content (AvgIpc) is 2.93. The van der Waals surface area contributed by atoms with E-state index in [0.29, 0.717) is 38.4 Å². The summed E-state index contributed by atoms with van der Waals surface area (Å²) in [5.74, 6) is 0.0896. The summed E-state index contributed by atoms with van der Waals surface area (Å²) in [5.41, 5.74) is -1.36. The smallest absolute Gasteiger partial charge is 0.355 e. The molecule has 0 atom stereocenters. The fraction of sp³-hybridized carbons (Fsp3) is 0.400. The minimum Gasteiger partial charge on any atom is -0.355 e. The van der Waals surface area contributed by atoms with Crippen LogP contribution in [-0.2, 0) is 23.6 Å². The highest BCUT2D eigenvalue weighted by Gasteiger charge is 2.32. The van der Waals surface area contributed by atoms with E-state index < -0.39 is 23.5 Å². The van der Waals surface area contributed by atoms with Gasteiger partial charge in [-0.15, -0.1) is 0 Å². The SMILES string of the molecule is O=C(Cc1cccc(C(F)(F)F)c1)N1CCCN(c2ccc(C(F)(F)F)cn2)CC1. The number of benzene rings is 1. The molecule has 0 radical (unpaired) electrons. The summed E-state index contributed by atoms with van der Waals surface area (Å²) in [6, 6.07) is 6.92. The van der Waals surface area contributed by atoms with Crippen molar-refractivity contribution < 1.29 is 31.1 Å². The van der Waals surface area contributed by atoms with Crippen molar-refractivity contribution in [3.05, 3.63) is 59.3 Å². The van der Waals surface area contributed by atoms with Crippen LogP contribution in [-0.4, -0.2) is 42.0 Å². The number of hydrogen-bond donors (Lipinski definition) is 0. The maximum absolute atomic E-state index is 12.8. The summed E-state index contributed by atoms with van der Waals surface area (Å²) in [4.78, 5) is 19.8. The molecule has 2 aromatic rings. The Morgan fingerprint density at radius 2 is 1.63 bits per heavy atom. The molecule has 4 nitrogen and oxygen atoms in total. The lowest BCUT2D eigenvalue weighted by atomic mass is 10.1. The number of nitrogens with zero attached hydrogens (tertiary/aromatic N) is 3. The topological polar surface area (TPSA) is 36.4 Å². The van der Waals surface area contributed by atoms with Gasteiger partial charge in [0.15, 0.2) is 0 Å². The summed E-state index contributed by atoms with van der Waals surface area (Å²) in [6.07, 6.45) is -7.75. The van der Waals surface area contributed by atoms with Crippen LogP contribution in [0.2, 0.25) is 0 Å². The van der Waals surface area contributed by atoms with Crippen LogP contribution in [0, 0.1) is 0 Å². The van der Waals surface area contributed by atoms with Crippen LogP contribution in [0.4, 0.5) is 32.2 Å². The highest BCUT2D eigenvalue weighted by atomic mass is 19.4. The molecular formula is C20H19F6N3O. The van der Waals surface area contributed by atoms with Crippen molar-refractivity contribution in [3.63, 3.8) is 0 Å². The molecule has 1 amide bonds. The van der Waals surface area contributed by atoms with Gasteiger partial charge in [0.05, 0.1) is 17.5 Å². The molecule has 0 aliphatic carbocycles. The molecule has 0 saturated carbocycles. The lowest BCUT2D eigenvalue weighted by Gasteiger charge is -2.23. The maximum atomic E-state index is 12.8. The zero-order valence-electron chi connectivity index (χ0n) is 15.8. The van der Waals surface area contributed by atoms with E-state index in [9.17, 15) is 31.1 Å². The van der Waals surface area contributed by atoms with Crippen LogP contribution >= 0.6 is 0 Å². The molecule has 10 heteroatoms. The summed E-state index contributed by atoms with van der Waals surface area (Å²) in [7, 11) is 0. The third-order valence-electron chi connectivity index (χ3n) is 4.86. The lowest BCUT2D eigenvalue weighted by Crippen LogP contribution is -2.36. The second kappa shape index (κ2) is 8.53. The number of rotatable bonds is 3. The van der Waals surface area contributed by atoms with Crippen molar-refractivity contribution in [2.75, 3.05) is 31.1 Å². The Balaban J connectivity index is 1.62. The van der Waals surface area contributed by atoms with Crippen LogP contribution < -0.4 is 4.90 Å². The molecule has 1 aromatic heterocycles. The Morgan fingerprint density at radius 3 is 2.27 bits per heavy atom. The number of aromatic nitrogens is 1. The van der Waals surface area contributed by atoms with Gasteiger partial charge >= 0.3 is 12.4 Å². The number of carbonyl (C=O) groups excluding carboxylic acids is 1. The van der Waals surface area contributed by atoms with Gasteiger partial charge in [0.2, 0.25) is 5.91 Å². The number of carbonyl (C=O) groups is 1. The van der Waals surface area contributed by atoms with Crippen molar-refractivity contribution in [2.24, 2.45) is 0 Å². The van der Waals surface area contributed by atoms with Crippen molar-refractivity contribution in [2.45, 2.75) is 25.2 Å². The first-order valence-corrected chi connectivity index (χ1v) is 9.26. The maximum Gasteiger partial charge on any atom is 0.417 e. The normalized spacial score (nSPS) is 15.8. The van der Waals surface area contributed by atoms with Gasteiger partial charge in [-0.2, -0.15) is 26.3 Å². The number of amides is 1. The van der Waals surface area contributed by atoms with E-state index in [1.807, 2.05) is 0 Å². The zero-order valence-corrected chi connectivity index (χ0v) is 15.8. The monoisotopic (exact) mass is 431 g/mol. The largest absolute Gasteiger partial charge is 0.417 e. The minimum atomic E-state index is -4.48. The van der Waals surface area contributed by atoms with Crippen LogP contribution in [0.25, 0.3) is 0 Å². The Morgan fingerprint density at radius 1 is 0.900 bits per heavy atom. The molecule has 0 spiro atoms. The van der Waals surface area contributed by atoms with E-state index in [1.165, 1.54) is 18.2 Å². The first kappa shape index (κ1) is 21.9. The first-order chi connectivity index (χ1) is 14.0. The standard InChI is InChI=1S/C20H19F6N3O/c21-19(22,23)15-4-1-3-14(11-15)12-18(30)29-8-2-7-28(9-10-29)17-6-5-16(13-27-17)20(24,25)26/h1,3-6,11,13H,2,7-10,12H2. The molecule has 3 rings (SSSR count). The fourth-order valence-corrected chi connectivity index (χ4v) is 3.28. The third kappa shape index (κ3) is 5.43. The third-order valence-corrected chi connectivity index (χ3v) is 4.86. The van der Waals surface area contributed by atoms with Gasteiger partial charge in [-0.3, -0.25) is 4.79 Å². The second-order valence-electron chi connectivity index (χ2n) is 7.00. The summed E-state index contributed by atoms with van der Waals surface area (Å²) in [5, 5.41) is 0. The van der Waals surface area contributed by atoms with Gasteiger partial charge in [-0.05, 0) is 30.2 Å². The molecule has 0 bridgehead atoms. The van der Waals surface area contributed by atoms with Crippen LogP contribution in [0.15, 0.2) is 42.6 Å². The Hall–Kier alpha value is -2.78. The molecule has 0 unspecified atom stereocenters. The fourth-order valence-electron chi connectivity index (χ4n) is 3.28. The van der Waals surface area contributed by atoms with Crippen LogP contribution in [0.3, 0.4) is 0 Å². The van der Waals surface area contributed by atoms with Crippen molar-refractivity contribution in [3.8, 4) is 0 Å². The Labute approximate surface area is 169 Å². The molecule has 162 valence electrons. The minimum absolute atomic E-state index is 0.150. The van der Waals surface area contributed by atoms with Crippen molar-refractivity contribution >= 4 is 11.7 Å². The molecule has 1 aromatic carbocycles. The van der Waals surface area contributed by atoms with E-state index in [0.717, 1.165) is 24.4 Å². The quantitative estimate of drug-likeness (QED) is 0.676. The number of alkyl halides is 6. The number of halogens is 6. The highest BCUT2D eigenvalue weighted by molar-refractivity contribution is 5.79. The van der Waals surface area contributed by atoms with E-state index in [-0.39, 0.29) is 17.9 Å². The van der Waals surface area contributed by atoms with Gasteiger partial charge < -0.3 is 9.80 Å². The van der Waals surface area contributed by atoms with E-state index in [2.05, 4.69) is 4.98 Å². The van der Waals surface area contributed by atoms with Crippen LogP contribution in [0.5, 0.6) is 0 Å². The number of pyridine rings is 1. The summed E-state index contributed by atoms with van der Waals surface area (Å²) in [6.45, 7) is 1.59. The van der Waals surface area contributed by atoms with Gasteiger partial charge in [-0.1, -0.05) is 18.2 Å². The molecule has 1 aliphatic heterocycles.